The molecule has 2 heterocycles. The zero-order valence-corrected chi connectivity index (χ0v) is 13.3. The summed E-state index contributed by atoms with van der Waals surface area (Å²) < 4.78 is 24.5. The maximum Gasteiger partial charge on any atom is 0.178 e. The number of aromatic nitrogens is 2. The maximum absolute atomic E-state index is 12.2. The van der Waals surface area contributed by atoms with Crippen LogP contribution in [-0.4, -0.2) is 24.1 Å². The first-order valence-corrected chi connectivity index (χ1v) is 9.03. The molecule has 3 aromatic rings. The van der Waals surface area contributed by atoms with Crippen LogP contribution in [0.25, 0.3) is 20.9 Å². The molecule has 0 aliphatic rings. The molecule has 0 atom stereocenters. The molecule has 2 aromatic heterocycles. The Morgan fingerprint density at radius 2 is 2.00 bits per heavy atom. The average Bonchev–Trinajstić information content (AvgIpc) is 2.90. The van der Waals surface area contributed by atoms with Gasteiger partial charge in [0.25, 0.3) is 0 Å². The average molecular weight is 318 g/mol. The van der Waals surface area contributed by atoms with Crippen LogP contribution in [0.5, 0.6) is 0 Å². The Morgan fingerprint density at radius 3 is 2.76 bits per heavy atom. The van der Waals surface area contributed by atoms with Gasteiger partial charge in [0.1, 0.15) is 15.4 Å². The molecule has 0 radical (unpaired) electrons. The SMILES string of the molecule is CCS(=O)(=O)c1ccccc1-c1nc2cc(C)cnc2s1. The predicted molar refractivity (Wildman–Crippen MR) is 85.3 cm³/mol. The number of rotatable bonds is 3. The Labute approximate surface area is 127 Å². The van der Waals surface area contributed by atoms with Crippen molar-refractivity contribution in [3.63, 3.8) is 0 Å². The van der Waals surface area contributed by atoms with E-state index in [1.54, 1.807) is 31.3 Å². The molecule has 0 spiro atoms. The number of benzene rings is 1. The number of hydrogen-bond donors (Lipinski definition) is 0. The van der Waals surface area contributed by atoms with Crippen LogP contribution in [0.1, 0.15) is 12.5 Å². The fraction of sp³-hybridized carbons (Fsp3) is 0.200. The van der Waals surface area contributed by atoms with E-state index in [2.05, 4.69) is 9.97 Å². The van der Waals surface area contributed by atoms with Crippen LogP contribution in [-0.2, 0) is 9.84 Å². The Kier molecular flexibility index (Phi) is 3.51. The molecule has 0 unspecified atom stereocenters. The minimum atomic E-state index is -3.28. The van der Waals surface area contributed by atoms with Crippen molar-refractivity contribution in [2.45, 2.75) is 18.7 Å². The van der Waals surface area contributed by atoms with Crippen LogP contribution in [0, 0.1) is 6.92 Å². The summed E-state index contributed by atoms with van der Waals surface area (Å²) in [7, 11) is -3.28. The van der Waals surface area contributed by atoms with Gasteiger partial charge in [-0.05, 0) is 24.6 Å². The fourth-order valence-electron chi connectivity index (χ4n) is 2.11. The predicted octanol–water partition coefficient (Wildman–Crippen LogP) is 3.46. The number of pyridine rings is 1. The molecule has 108 valence electrons. The number of aryl methyl sites for hydroxylation is 1. The number of nitrogens with zero attached hydrogens (tertiary/aromatic N) is 2. The highest BCUT2D eigenvalue weighted by Crippen LogP contribution is 2.33. The highest BCUT2D eigenvalue weighted by molar-refractivity contribution is 7.91. The van der Waals surface area contributed by atoms with E-state index in [0.717, 1.165) is 15.9 Å². The van der Waals surface area contributed by atoms with Gasteiger partial charge in [-0.2, -0.15) is 0 Å². The Bertz CT molecular complexity index is 914. The second-order valence-corrected chi connectivity index (χ2v) is 7.98. The highest BCUT2D eigenvalue weighted by Gasteiger charge is 2.19. The molecule has 0 amide bonds. The molecular formula is C15H14N2O2S2. The van der Waals surface area contributed by atoms with Crippen molar-refractivity contribution in [2.24, 2.45) is 0 Å². The number of hydrogen-bond acceptors (Lipinski definition) is 5. The van der Waals surface area contributed by atoms with Crippen molar-refractivity contribution in [3.05, 3.63) is 42.1 Å². The third-order valence-corrected chi connectivity index (χ3v) is 6.02. The molecule has 3 rings (SSSR count). The lowest BCUT2D eigenvalue weighted by atomic mass is 10.2. The van der Waals surface area contributed by atoms with Gasteiger partial charge in [-0.1, -0.05) is 36.5 Å². The number of fused-ring (bicyclic) bond motifs is 1. The summed E-state index contributed by atoms with van der Waals surface area (Å²) in [6, 6.07) is 8.96. The molecule has 0 aliphatic carbocycles. The van der Waals surface area contributed by atoms with E-state index in [1.165, 1.54) is 11.3 Å². The Morgan fingerprint density at radius 1 is 1.24 bits per heavy atom. The zero-order chi connectivity index (χ0) is 15.0. The van der Waals surface area contributed by atoms with Crippen LogP contribution in [0.15, 0.2) is 41.4 Å². The summed E-state index contributed by atoms with van der Waals surface area (Å²) in [5.41, 5.74) is 2.49. The summed E-state index contributed by atoms with van der Waals surface area (Å²) in [5, 5.41) is 0.690. The highest BCUT2D eigenvalue weighted by atomic mass is 32.2. The molecule has 4 nitrogen and oxygen atoms in total. The lowest BCUT2D eigenvalue weighted by Gasteiger charge is -2.06. The van der Waals surface area contributed by atoms with E-state index in [4.69, 9.17) is 0 Å². The lowest BCUT2D eigenvalue weighted by Crippen LogP contribution is -2.05. The van der Waals surface area contributed by atoms with Crippen LogP contribution in [0.2, 0.25) is 0 Å². The summed E-state index contributed by atoms with van der Waals surface area (Å²) >= 11 is 1.41. The van der Waals surface area contributed by atoms with Crippen LogP contribution in [0.3, 0.4) is 0 Å². The first-order valence-electron chi connectivity index (χ1n) is 6.56. The second-order valence-electron chi connectivity index (χ2n) is 4.76. The van der Waals surface area contributed by atoms with Gasteiger partial charge in [-0.15, -0.1) is 0 Å². The number of thiazole rings is 1. The van der Waals surface area contributed by atoms with E-state index < -0.39 is 9.84 Å². The van der Waals surface area contributed by atoms with Gasteiger partial charge in [0.2, 0.25) is 0 Å². The summed E-state index contributed by atoms with van der Waals surface area (Å²) in [5.74, 6) is 0.0757. The second kappa shape index (κ2) is 5.20. The molecule has 0 fully saturated rings. The summed E-state index contributed by atoms with van der Waals surface area (Å²) in [4.78, 5) is 10.0. The normalized spacial score (nSPS) is 11.9. The molecule has 0 saturated heterocycles. The fourth-order valence-corrected chi connectivity index (χ4v) is 4.20. The molecule has 0 saturated carbocycles. The monoisotopic (exact) mass is 318 g/mol. The van der Waals surface area contributed by atoms with Crippen LogP contribution in [0.4, 0.5) is 0 Å². The van der Waals surface area contributed by atoms with Gasteiger partial charge < -0.3 is 0 Å². The Balaban J connectivity index is 2.24. The van der Waals surface area contributed by atoms with E-state index in [0.29, 0.717) is 15.5 Å². The van der Waals surface area contributed by atoms with E-state index in [-0.39, 0.29) is 5.75 Å². The minimum absolute atomic E-state index is 0.0757. The molecule has 1 aromatic carbocycles. The maximum atomic E-state index is 12.2. The van der Waals surface area contributed by atoms with Crippen molar-refractivity contribution in [3.8, 4) is 10.6 Å². The van der Waals surface area contributed by atoms with Crippen molar-refractivity contribution >= 4 is 31.5 Å². The number of sulfone groups is 1. The zero-order valence-electron chi connectivity index (χ0n) is 11.7. The van der Waals surface area contributed by atoms with E-state index >= 15 is 0 Å². The van der Waals surface area contributed by atoms with Gasteiger partial charge in [-0.3, -0.25) is 0 Å². The standard InChI is InChI=1S/C15H14N2O2S2/c1-3-21(18,19)13-7-5-4-6-11(13)14-17-12-8-10(2)9-16-15(12)20-14/h4-9H,3H2,1-2H3. The van der Waals surface area contributed by atoms with Gasteiger partial charge in [0.05, 0.1) is 10.6 Å². The molecule has 0 aliphatic heterocycles. The van der Waals surface area contributed by atoms with Gasteiger partial charge >= 0.3 is 0 Å². The molecule has 0 N–H and O–H groups in total. The smallest absolute Gasteiger partial charge is 0.178 e. The van der Waals surface area contributed by atoms with Gasteiger partial charge in [0, 0.05) is 11.8 Å². The van der Waals surface area contributed by atoms with Gasteiger partial charge in [-0.25, -0.2) is 18.4 Å². The largest absolute Gasteiger partial charge is 0.243 e. The summed E-state index contributed by atoms with van der Waals surface area (Å²) in [6.45, 7) is 3.61. The minimum Gasteiger partial charge on any atom is -0.243 e. The molecule has 21 heavy (non-hydrogen) atoms. The first kappa shape index (κ1) is 14.2. The van der Waals surface area contributed by atoms with Crippen molar-refractivity contribution < 1.29 is 8.42 Å². The Hall–Kier alpha value is -1.79. The molecular weight excluding hydrogens is 304 g/mol. The summed E-state index contributed by atoms with van der Waals surface area (Å²) in [6.07, 6.45) is 1.79. The third-order valence-electron chi connectivity index (χ3n) is 3.22. The van der Waals surface area contributed by atoms with Crippen molar-refractivity contribution in [1.82, 2.24) is 9.97 Å². The van der Waals surface area contributed by atoms with Crippen LogP contribution >= 0.6 is 11.3 Å². The van der Waals surface area contributed by atoms with E-state index in [9.17, 15) is 8.42 Å². The van der Waals surface area contributed by atoms with Gasteiger partial charge in [0.15, 0.2) is 9.84 Å². The molecule has 0 bridgehead atoms. The van der Waals surface area contributed by atoms with Crippen molar-refractivity contribution in [1.29, 1.82) is 0 Å². The molecule has 6 heteroatoms. The first-order chi connectivity index (χ1) is 10.0. The quantitative estimate of drug-likeness (QED) is 0.742. The topological polar surface area (TPSA) is 59.9 Å². The third kappa shape index (κ3) is 2.56. The lowest BCUT2D eigenvalue weighted by molar-refractivity contribution is 0.597. The van der Waals surface area contributed by atoms with Crippen LogP contribution < -0.4 is 0 Å². The van der Waals surface area contributed by atoms with Crippen molar-refractivity contribution in [2.75, 3.05) is 5.75 Å². The van der Waals surface area contributed by atoms with E-state index in [1.807, 2.05) is 19.1 Å².